The van der Waals surface area contributed by atoms with Crippen LogP contribution in [0.2, 0.25) is 0 Å². The van der Waals surface area contributed by atoms with Crippen molar-refractivity contribution in [2.24, 2.45) is 5.92 Å². The zero-order chi connectivity index (χ0) is 22.0. The van der Waals surface area contributed by atoms with E-state index in [0.717, 1.165) is 55.6 Å². The number of carbonyl (C=O) groups is 2. The van der Waals surface area contributed by atoms with Crippen LogP contribution in [-0.4, -0.2) is 47.8 Å². The molecule has 31 heavy (non-hydrogen) atoms. The van der Waals surface area contributed by atoms with Gasteiger partial charge in [-0.3, -0.25) is 14.5 Å². The van der Waals surface area contributed by atoms with E-state index in [-0.39, 0.29) is 18.1 Å². The first-order chi connectivity index (χ1) is 14.9. The molecular weight excluding hydrogens is 400 g/mol. The molecule has 1 saturated heterocycles. The molecule has 0 aliphatic carbocycles. The van der Waals surface area contributed by atoms with Crippen molar-refractivity contribution in [2.75, 3.05) is 31.5 Å². The minimum Gasteiger partial charge on any atom is -0.341 e. The average Bonchev–Trinajstić information content (AvgIpc) is 2.75. The molecular formula is C24H27F2N3O2. The Kier molecular flexibility index (Phi) is 6.32. The molecule has 2 heterocycles. The van der Waals surface area contributed by atoms with Crippen molar-refractivity contribution in [3.63, 3.8) is 0 Å². The monoisotopic (exact) mass is 427 g/mol. The van der Waals surface area contributed by atoms with Crippen LogP contribution in [0.5, 0.6) is 0 Å². The third kappa shape index (κ3) is 4.77. The summed E-state index contributed by atoms with van der Waals surface area (Å²) in [5, 5.41) is 2.51. The van der Waals surface area contributed by atoms with Crippen molar-refractivity contribution in [3.05, 3.63) is 65.2 Å². The van der Waals surface area contributed by atoms with Gasteiger partial charge in [0.2, 0.25) is 11.8 Å². The number of benzene rings is 2. The Morgan fingerprint density at radius 1 is 1.06 bits per heavy atom. The van der Waals surface area contributed by atoms with E-state index in [0.29, 0.717) is 12.5 Å². The highest BCUT2D eigenvalue weighted by molar-refractivity contribution is 5.93. The van der Waals surface area contributed by atoms with Crippen molar-refractivity contribution in [2.45, 2.75) is 32.2 Å². The van der Waals surface area contributed by atoms with Crippen molar-refractivity contribution >= 4 is 17.5 Å². The average molecular weight is 427 g/mol. The van der Waals surface area contributed by atoms with Crippen LogP contribution in [0.4, 0.5) is 14.5 Å². The molecule has 0 bridgehead atoms. The molecule has 7 heteroatoms. The largest absolute Gasteiger partial charge is 0.341 e. The molecule has 0 spiro atoms. The molecule has 0 unspecified atom stereocenters. The van der Waals surface area contributed by atoms with E-state index in [9.17, 15) is 18.4 Å². The number of hydrogen-bond acceptors (Lipinski definition) is 3. The van der Waals surface area contributed by atoms with Gasteiger partial charge in [0.1, 0.15) is 17.7 Å². The summed E-state index contributed by atoms with van der Waals surface area (Å²) in [6.07, 6.45) is 2.68. The van der Waals surface area contributed by atoms with Crippen LogP contribution in [0.3, 0.4) is 0 Å². The number of anilines is 1. The highest BCUT2D eigenvalue weighted by Gasteiger charge is 2.37. The van der Waals surface area contributed by atoms with Crippen LogP contribution in [0, 0.1) is 17.6 Å². The lowest BCUT2D eigenvalue weighted by Crippen LogP contribution is -2.50. The molecule has 164 valence electrons. The summed E-state index contributed by atoms with van der Waals surface area (Å²) in [5.74, 6) is -1.35. The first-order valence-corrected chi connectivity index (χ1v) is 10.8. The summed E-state index contributed by atoms with van der Waals surface area (Å²) in [4.78, 5) is 30.0. The van der Waals surface area contributed by atoms with Crippen molar-refractivity contribution in [1.82, 2.24) is 9.80 Å². The Bertz CT molecular complexity index is 973. The molecule has 2 aromatic carbocycles. The second-order valence-corrected chi connectivity index (χ2v) is 8.50. The normalized spacial score (nSPS) is 19.7. The number of nitrogens with zero attached hydrogens (tertiary/aromatic N) is 2. The predicted octanol–water partition coefficient (Wildman–Crippen LogP) is 3.76. The Morgan fingerprint density at radius 2 is 1.81 bits per heavy atom. The van der Waals surface area contributed by atoms with Gasteiger partial charge >= 0.3 is 0 Å². The third-order valence-corrected chi connectivity index (χ3v) is 6.26. The standard InChI is InChI=1S/C24H27F2N3O2/c1-16-8-11-28(12-9-16)24(31)23-19-5-3-2-4-17(19)10-13-29(23)15-22(30)27-21-7-6-18(25)14-20(21)26/h2-7,14,16,23H,8-13,15H2,1H3,(H,27,30)/t23-/m1/s1. The van der Waals surface area contributed by atoms with E-state index in [1.165, 1.54) is 6.07 Å². The van der Waals surface area contributed by atoms with Gasteiger partial charge in [0.15, 0.2) is 0 Å². The van der Waals surface area contributed by atoms with E-state index in [4.69, 9.17) is 0 Å². The lowest BCUT2D eigenvalue weighted by atomic mass is 9.90. The Labute approximate surface area is 181 Å². The fraction of sp³-hybridized carbons (Fsp3) is 0.417. The lowest BCUT2D eigenvalue weighted by Gasteiger charge is -2.40. The van der Waals surface area contributed by atoms with Gasteiger partial charge in [-0.05, 0) is 48.4 Å². The van der Waals surface area contributed by atoms with E-state index in [2.05, 4.69) is 12.2 Å². The Hall–Kier alpha value is -2.80. The second kappa shape index (κ2) is 9.14. The smallest absolute Gasteiger partial charge is 0.244 e. The van der Waals surface area contributed by atoms with Crippen LogP contribution in [0.25, 0.3) is 0 Å². The first-order valence-electron chi connectivity index (χ1n) is 10.8. The van der Waals surface area contributed by atoms with Gasteiger partial charge < -0.3 is 10.2 Å². The molecule has 1 N–H and O–H groups in total. The number of hydrogen-bond donors (Lipinski definition) is 1. The van der Waals surface area contributed by atoms with Crippen molar-refractivity contribution in [3.8, 4) is 0 Å². The van der Waals surface area contributed by atoms with Crippen LogP contribution < -0.4 is 5.32 Å². The molecule has 5 nitrogen and oxygen atoms in total. The quantitative estimate of drug-likeness (QED) is 0.809. The van der Waals surface area contributed by atoms with Crippen LogP contribution in [0.15, 0.2) is 42.5 Å². The minimum absolute atomic E-state index is 0.0137. The zero-order valence-corrected chi connectivity index (χ0v) is 17.6. The van der Waals surface area contributed by atoms with E-state index in [1.54, 1.807) is 0 Å². The fourth-order valence-corrected chi connectivity index (χ4v) is 4.44. The maximum atomic E-state index is 13.9. The van der Waals surface area contributed by atoms with E-state index in [1.807, 2.05) is 34.1 Å². The van der Waals surface area contributed by atoms with Crippen LogP contribution >= 0.6 is 0 Å². The lowest BCUT2D eigenvalue weighted by molar-refractivity contribution is -0.139. The van der Waals surface area contributed by atoms with Gasteiger partial charge in [0.25, 0.3) is 0 Å². The number of fused-ring (bicyclic) bond motifs is 1. The van der Waals surface area contributed by atoms with Crippen molar-refractivity contribution < 1.29 is 18.4 Å². The van der Waals surface area contributed by atoms with Gasteiger partial charge in [-0.15, -0.1) is 0 Å². The molecule has 1 fully saturated rings. The first kappa shape index (κ1) is 21.4. The molecule has 2 aromatic rings. The van der Waals surface area contributed by atoms with Gasteiger partial charge in [0, 0.05) is 25.7 Å². The van der Waals surface area contributed by atoms with Gasteiger partial charge in [-0.1, -0.05) is 31.2 Å². The highest BCUT2D eigenvalue weighted by Crippen LogP contribution is 2.32. The number of amides is 2. The third-order valence-electron chi connectivity index (χ3n) is 6.26. The maximum absolute atomic E-state index is 13.9. The summed E-state index contributed by atoms with van der Waals surface area (Å²) >= 11 is 0. The van der Waals surface area contributed by atoms with Crippen LogP contribution in [-0.2, 0) is 16.0 Å². The molecule has 4 rings (SSSR count). The fourth-order valence-electron chi connectivity index (χ4n) is 4.44. The zero-order valence-electron chi connectivity index (χ0n) is 17.6. The Balaban J connectivity index is 1.53. The van der Waals surface area contributed by atoms with Crippen molar-refractivity contribution in [1.29, 1.82) is 0 Å². The minimum atomic E-state index is -0.826. The summed E-state index contributed by atoms with van der Waals surface area (Å²) in [6, 6.07) is 10.3. The summed E-state index contributed by atoms with van der Waals surface area (Å²) in [6.45, 7) is 4.14. The highest BCUT2D eigenvalue weighted by atomic mass is 19.1. The summed E-state index contributed by atoms with van der Waals surface area (Å²) in [5.41, 5.74) is 1.97. The number of likely N-dealkylation sites (tertiary alicyclic amines) is 1. The van der Waals surface area contributed by atoms with Gasteiger partial charge in [-0.2, -0.15) is 0 Å². The molecule has 2 amide bonds. The number of piperidine rings is 1. The predicted molar refractivity (Wildman–Crippen MR) is 114 cm³/mol. The molecule has 2 aliphatic rings. The summed E-state index contributed by atoms with van der Waals surface area (Å²) < 4.78 is 27.1. The topological polar surface area (TPSA) is 52.7 Å². The molecule has 1 atom stereocenters. The second-order valence-electron chi connectivity index (χ2n) is 8.50. The molecule has 0 aromatic heterocycles. The maximum Gasteiger partial charge on any atom is 0.244 e. The SMILES string of the molecule is CC1CCN(C(=O)[C@H]2c3ccccc3CCN2CC(=O)Nc2ccc(F)cc2F)CC1. The molecule has 0 radical (unpaired) electrons. The van der Waals surface area contributed by atoms with Gasteiger partial charge in [0.05, 0.1) is 12.2 Å². The van der Waals surface area contributed by atoms with E-state index >= 15 is 0 Å². The van der Waals surface area contributed by atoms with Crippen LogP contribution in [0.1, 0.15) is 36.9 Å². The number of rotatable bonds is 4. The van der Waals surface area contributed by atoms with Gasteiger partial charge in [-0.25, -0.2) is 8.78 Å². The molecule has 2 aliphatic heterocycles. The number of halogens is 2. The summed E-state index contributed by atoms with van der Waals surface area (Å²) in [7, 11) is 0. The van der Waals surface area contributed by atoms with E-state index < -0.39 is 23.6 Å². The number of carbonyl (C=O) groups excluding carboxylic acids is 2. The number of nitrogens with one attached hydrogen (secondary N) is 1. The molecule has 0 saturated carbocycles. The Morgan fingerprint density at radius 3 is 2.55 bits per heavy atom.